The van der Waals surface area contributed by atoms with Gasteiger partial charge in [-0.2, -0.15) is 5.10 Å². The quantitative estimate of drug-likeness (QED) is 0.147. The van der Waals surface area contributed by atoms with Crippen LogP contribution in [0.5, 0.6) is 5.75 Å². The summed E-state index contributed by atoms with van der Waals surface area (Å²) in [6.45, 7) is 1.80. The van der Waals surface area contributed by atoms with Crippen molar-refractivity contribution in [1.29, 1.82) is 0 Å². The van der Waals surface area contributed by atoms with Crippen molar-refractivity contribution in [3.05, 3.63) is 91.9 Å². The molecule has 0 atom stereocenters. The zero-order chi connectivity index (χ0) is 24.0. The Balaban J connectivity index is 1.67. The molecule has 3 aromatic carbocycles. The zero-order valence-corrected chi connectivity index (χ0v) is 20.2. The summed E-state index contributed by atoms with van der Waals surface area (Å²) in [7, 11) is 0. The van der Waals surface area contributed by atoms with Gasteiger partial charge >= 0.3 is 17.8 Å². The van der Waals surface area contributed by atoms with Gasteiger partial charge in [-0.1, -0.05) is 57.3 Å². The maximum atomic E-state index is 12.5. The van der Waals surface area contributed by atoms with Gasteiger partial charge in [0.05, 0.1) is 21.8 Å². The molecule has 7 nitrogen and oxygen atoms in total. The van der Waals surface area contributed by atoms with Crippen LogP contribution in [0.25, 0.3) is 0 Å². The number of halogens is 3. The summed E-state index contributed by atoms with van der Waals surface area (Å²) in [6, 6.07) is 16.4. The van der Waals surface area contributed by atoms with Gasteiger partial charge in [-0.15, -0.1) is 0 Å². The minimum Gasteiger partial charge on any atom is -0.422 e. The second-order valence-corrected chi connectivity index (χ2v) is 8.40. The van der Waals surface area contributed by atoms with Crippen LogP contribution in [0.4, 0.5) is 5.69 Å². The number of esters is 1. The second kappa shape index (κ2) is 11.1. The summed E-state index contributed by atoms with van der Waals surface area (Å²) >= 11 is 15.1. The number of carbonyl (C=O) groups is 3. The number of hydrazone groups is 1. The predicted octanol–water partition coefficient (Wildman–Crippen LogP) is 5.37. The molecule has 0 aliphatic heterocycles. The number of ether oxygens (including phenoxy) is 1. The van der Waals surface area contributed by atoms with Gasteiger partial charge in [0.25, 0.3) is 0 Å². The highest BCUT2D eigenvalue weighted by Crippen LogP contribution is 2.25. The van der Waals surface area contributed by atoms with Crippen LogP contribution >= 0.6 is 39.1 Å². The van der Waals surface area contributed by atoms with E-state index in [-0.39, 0.29) is 10.8 Å². The number of amides is 2. The number of nitrogens with one attached hydrogen (secondary N) is 2. The number of anilines is 1. The molecule has 10 heteroatoms. The molecule has 0 unspecified atom stereocenters. The van der Waals surface area contributed by atoms with E-state index in [9.17, 15) is 14.4 Å². The largest absolute Gasteiger partial charge is 0.422 e. The topological polar surface area (TPSA) is 96.9 Å². The fraction of sp³-hybridized carbons (Fsp3) is 0.0435. The first-order valence-electron chi connectivity index (χ1n) is 9.41. The average molecular weight is 549 g/mol. The molecule has 3 rings (SSSR count). The first kappa shape index (κ1) is 24.4. The molecular weight excluding hydrogens is 533 g/mol. The molecule has 0 bridgehead atoms. The van der Waals surface area contributed by atoms with Gasteiger partial charge in [0.15, 0.2) is 0 Å². The Morgan fingerprint density at radius 1 is 0.970 bits per heavy atom. The molecule has 0 saturated carbocycles. The molecule has 2 amide bonds. The lowest BCUT2D eigenvalue weighted by Crippen LogP contribution is -2.32. The average Bonchev–Trinajstić information content (AvgIpc) is 2.78. The van der Waals surface area contributed by atoms with E-state index in [2.05, 4.69) is 31.8 Å². The molecule has 0 heterocycles. The van der Waals surface area contributed by atoms with Crippen LogP contribution in [0.1, 0.15) is 21.5 Å². The third-order valence-electron chi connectivity index (χ3n) is 4.29. The van der Waals surface area contributed by atoms with Crippen LogP contribution in [0.3, 0.4) is 0 Å². The van der Waals surface area contributed by atoms with Crippen molar-refractivity contribution in [2.45, 2.75) is 6.92 Å². The van der Waals surface area contributed by atoms with Gasteiger partial charge in [-0.05, 0) is 55.0 Å². The maximum Gasteiger partial charge on any atom is 0.343 e. The summed E-state index contributed by atoms with van der Waals surface area (Å²) in [6.07, 6.45) is 1.26. The number of hydrogen-bond donors (Lipinski definition) is 2. The number of nitrogens with zero attached hydrogens (tertiary/aromatic N) is 1. The van der Waals surface area contributed by atoms with Crippen molar-refractivity contribution in [3.63, 3.8) is 0 Å². The van der Waals surface area contributed by atoms with E-state index < -0.39 is 17.8 Å². The number of benzene rings is 3. The molecule has 0 radical (unpaired) electrons. The summed E-state index contributed by atoms with van der Waals surface area (Å²) in [5, 5.41) is 6.72. The SMILES string of the molecule is Cc1ccccc1C(=O)Oc1ccc(Br)cc1/C=N\NC(=O)C(=O)Nc1ccc(Cl)c(Cl)c1. The molecule has 33 heavy (non-hydrogen) atoms. The Kier molecular flexibility index (Phi) is 8.21. The monoisotopic (exact) mass is 547 g/mol. The smallest absolute Gasteiger partial charge is 0.343 e. The van der Waals surface area contributed by atoms with Gasteiger partial charge in [0.1, 0.15) is 5.75 Å². The molecule has 2 N–H and O–H groups in total. The fourth-order valence-corrected chi connectivity index (χ4v) is 3.32. The molecule has 0 spiro atoms. The van der Waals surface area contributed by atoms with E-state index in [0.29, 0.717) is 26.3 Å². The Labute approximate surface area is 207 Å². The molecule has 0 aliphatic carbocycles. The van der Waals surface area contributed by atoms with E-state index in [1.165, 1.54) is 24.4 Å². The zero-order valence-electron chi connectivity index (χ0n) is 17.1. The third kappa shape index (κ3) is 6.64. The molecule has 0 fully saturated rings. The summed E-state index contributed by atoms with van der Waals surface area (Å²) in [5.74, 6) is -2.27. The van der Waals surface area contributed by atoms with Gasteiger partial charge < -0.3 is 10.1 Å². The number of rotatable bonds is 5. The number of aryl methyl sites for hydroxylation is 1. The summed E-state index contributed by atoms with van der Waals surface area (Å²) in [4.78, 5) is 36.7. The number of carbonyl (C=O) groups excluding carboxylic acids is 3. The highest BCUT2D eigenvalue weighted by Gasteiger charge is 2.15. The van der Waals surface area contributed by atoms with Gasteiger partial charge in [0, 0.05) is 15.7 Å². The Bertz CT molecular complexity index is 1260. The molecule has 0 aliphatic rings. The third-order valence-corrected chi connectivity index (χ3v) is 5.53. The first-order chi connectivity index (χ1) is 15.7. The molecule has 0 aromatic heterocycles. The van der Waals surface area contributed by atoms with E-state index in [4.69, 9.17) is 27.9 Å². The minimum absolute atomic E-state index is 0.227. The lowest BCUT2D eigenvalue weighted by Gasteiger charge is -2.09. The van der Waals surface area contributed by atoms with Crippen molar-refractivity contribution in [2.24, 2.45) is 5.10 Å². The highest BCUT2D eigenvalue weighted by molar-refractivity contribution is 9.10. The first-order valence-corrected chi connectivity index (χ1v) is 11.0. The van der Waals surface area contributed by atoms with Crippen molar-refractivity contribution >= 4 is 68.8 Å². The fourth-order valence-electron chi connectivity index (χ4n) is 2.64. The van der Waals surface area contributed by atoms with Crippen molar-refractivity contribution in [3.8, 4) is 5.75 Å². The lowest BCUT2D eigenvalue weighted by molar-refractivity contribution is -0.136. The lowest BCUT2D eigenvalue weighted by atomic mass is 10.1. The standard InChI is InChI=1S/C23H16BrCl2N3O4/c1-13-4-2-3-5-17(13)23(32)33-20-9-6-15(24)10-14(20)12-27-29-22(31)21(30)28-16-7-8-18(25)19(26)11-16/h2-12H,1H3,(H,28,30)(H,29,31)/b27-12-. The van der Waals surface area contributed by atoms with Gasteiger partial charge in [-0.25, -0.2) is 10.2 Å². The normalized spacial score (nSPS) is 10.7. The van der Waals surface area contributed by atoms with Crippen molar-refractivity contribution in [2.75, 3.05) is 5.32 Å². The van der Waals surface area contributed by atoms with E-state index >= 15 is 0 Å². The second-order valence-electron chi connectivity index (χ2n) is 6.67. The van der Waals surface area contributed by atoms with Crippen molar-refractivity contribution in [1.82, 2.24) is 5.43 Å². The minimum atomic E-state index is -1.01. The van der Waals surface area contributed by atoms with Crippen LogP contribution in [0.15, 0.2) is 70.2 Å². The number of hydrogen-bond acceptors (Lipinski definition) is 5. The van der Waals surface area contributed by atoms with Gasteiger partial charge in [0.2, 0.25) is 0 Å². The van der Waals surface area contributed by atoms with Crippen molar-refractivity contribution < 1.29 is 19.1 Å². The predicted molar refractivity (Wildman–Crippen MR) is 131 cm³/mol. The van der Waals surface area contributed by atoms with Crippen LogP contribution in [-0.2, 0) is 9.59 Å². The van der Waals surface area contributed by atoms with Crippen LogP contribution in [0.2, 0.25) is 10.0 Å². The molecular formula is C23H16BrCl2N3O4. The van der Waals surface area contributed by atoms with Gasteiger partial charge in [-0.3, -0.25) is 9.59 Å². The highest BCUT2D eigenvalue weighted by atomic mass is 79.9. The van der Waals surface area contributed by atoms with Crippen LogP contribution in [0, 0.1) is 6.92 Å². The Morgan fingerprint density at radius 2 is 1.73 bits per heavy atom. The Morgan fingerprint density at radius 3 is 2.45 bits per heavy atom. The summed E-state index contributed by atoms with van der Waals surface area (Å²) in [5.41, 5.74) is 4.02. The summed E-state index contributed by atoms with van der Waals surface area (Å²) < 4.78 is 6.20. The molecule has 3 aromatic rings. The van der Waals surface area contributed by atoms with E-state index in [0.717, 1.165) is 5.56 Å². The molecule has 0 saturated heterocycles. The molecule has 168 valence electrons. The Hall–Kier alpha value is -3.20. The van der Waals surface area contributed by atoms with E-state index in [1.54, 1.807) is 43.3 Å². The maximum absolute atomic E-state index is 12.5. The van der Waals surface area contributed by atoms with E-state index in [1.807, 2.05) is 6.07 Å². The van der Waals surface area contributed by atoms with Crippen LogP contribution in [-0.4, -0.2) is 24.0 Å². The van der Waals surface area contributed by atoms with Crippen LogP contribution < -0.4 is 15.5 Å².